The normalized spacial score (nSPS) is 11.4. The van der Waals surface area contributed by atoms with E-state index in [9.17, 15) is 9.59 Å². The van der Waals surface area contributed by atoms with E-state index in [1.807, 2.05) is 62.4 Å². The second-order valence-electron chi connectivity index (χ2n) is 9.18. The fourth-order valence-electron chi connectivity index (χ4n) is 4.10. The lowest BCUT2D eigenvalue weighted by molar-refractivity contribution is -0.134. The molecule has 0 aliphatic carbocycles. The van der Waals surface area contributed by atoms with Gasteiger partial charge in [-0.05, 0) is 38.1 Å². The number of benzene rings is 3. The topological polar surface area (TPSA) is 112 Å². The van der Waals surface area contributed by atoms with Crippen LogP contribution in [0.15, 0.2) is 87.8 Å². The maximum atomic E-state index is 12.8. The molecule has 1 atom stereocenters. The number of amides is 1. The van der Waals surface area contributed by atoms with Crippen LogP contribution in [0.3, 0.4) is 0 Å². The lowest BCUT2D eigenvalue weighted by Crippen LogP contribution is -2.38. The summed E-state index contributed by atoms with van der Waals surface area (Å²) in [7, 11) is 0. The van der Waals surface area contributed by atoms with Gasteiger partial charge in [0, 0.05) is 23.1 Å². The van der Waals surface area contributed by atoms with Crippen molar-refractivity contribution in [2.24, 2.45) is 0 Å². The molecule has 2 aromatic heterocycles. The summed E-state index contributed by atoms with van der Waals surface area (Å²) >= 11 is 0. The Balaban J connectivity index is 1.30. The number of nitrogens with zero attached hydrogens (tertiary/aromatic N) is 3. The van der Waals surface area contributed by atoms with Gasteiger partial charge in [-0.2, -0.15) is 4.98 Å². The Labute approximate surface area is 230 Å². The lowest BCUT2D eigenvalue weighted by atomic mass is 10.1. The monoisotopic (exact) mass is 532 g/mol. The minimum absolute atomic E-state index is 0.0776. The molecule has 0 aliphatic rings. The second kappa shape index (κ2) is 11.5. The molecule has 3 aromatic carbocycles. The van der Waals surface area contributed by atoms with Crippen LogP contribution < -0.4 is 5.32 Å². The summed E-state index contributed by atoms with van der Waals surface area (Å²) in [6, 6.07) is 23.8. The molecular formula is C31H24N4O5. The summed E-state index contributed by atoms with van der Waals surface area (Å²) in [5.74, 6) is 0.712. The molecule has 0 saturated heterocycles. The van der Waals surface area contributed by atoms with Crippen molar-refractivity contribution in [2.75, 3.05) is 0 Å². The van der Waals surface area contributed by atoms with Gasteiger partial charge >= 0.3 is 0 Å². The Kier molecular flexibility index (Phi) is 7.51. The fraction of sp³-hybridized carbons (Fsp3) is 0.129. The Morgan fingerprint density at radius 1 is 1.00 bits per heavy atom. The molecule has 1 amide bonds. The maximum absolute atomic E-state index is 12.8. The number of hydrogen-bond donors (Lipinski definition) is 1. The fourth-order valence-corrected chi connectivity index (χ4v) is 4.10. The number of rotatable bonds is 9. The first-order chi connectivity index (χ1) is 19.4. The van der Waals surface area contributed by atoms with E-state index in [-0.39, 0.29) is 24.5 Å². The van der Waals surface area contributed by atoms with Gasteiger partial charge < -0.3 is 19.0 Å². The summed E-state index contributed by atoms with van der Waals surface area (Å²) in [6.07, 6.45) is -0.861. The van der Waals surface area contributed by atoms with Crippen LogP contribution >= 0.6 is 0 Å². The molecule has 1 N–H and O–H groups in total. The van der Waals surface area contributed by atoms with E-state index in [0.717, 1.165) is 22.3 Å². The van der Waals surface area contributed by atoms with Crippen molar-refractivity contribution in [1.82, 2.24) is 15.5 Å². The Morgan fingerprint density at radius 3 is 2.38 bits per heavy atom. The minimum Gasteiger partial charge on any atom is -0.451 e. The maximum Gasteiger partial charge on any atom is 0.295 e. The zero-order chi connectivity index (χ0) is 28.1. The zero-order valence-corrected chi connectivity index (χ0v) is 21.8. The SMILES string of the molecule is [C-]#[N+]c1cc(CC(NC(=O)c2ccc(-c3ccc(C)cc3)o2)OC=O)ccc1-c1noc(-c2ccc(C)cc2)n1. The highest BCUT2D eigenvalue weighted by Crippen LogP contribution is 2.31. The first-order valence-electron chi connectivity index (χ1n) is 12.4. The third-order valence-electron chi connectivity index (χ3n) is 6.25. The summed E-state index contributed by atoms with van der Waals surface area (Å²) < 4.78 is 16.3. The predicted octanol–water partition coefficient (Wildman–Crippen LogP) is 6.30. The van der Waals surface area contributed by atoms with E-state index in [2.05, 4.69) is 20.3 Å². The van der Waals surface area contributed by atoms with Gasteiger partial charge in [0.1, 0.15) is 5.76 Å². The molecule has 0 fully saturated rings. The number of hydrogen-bond acceptors (Lipinski definition) is 7. The van der Waals surface area contributed by atoms with Gasteiger partial charge in [-0.25, -0.2) is 4.85 Å². The molecule has 5 aromatic rings. The van der Waals surface area contributed by atoms with E-state index in [4.69, 9.17) is 20.2 Å². The van der Waals surface area contributed by atoms with E-state index in [1.165, 1.54) is 0 Å². The molecule has 40 heavy (non-hydrogen) atoms. The van der Waals surface area contributed by atoms with Crippen LogP contribution in [0.25, 0.3) is 39.0 Å². The Morgan fingerprint density at radius 2 is 1.70 bits per heavy atom. The van der Waals surface area contributed by atoms with E-state index >= 15 is 0 Å². The van der Waals surface area contributed by atoms with Crippen molar-refractivity contribution < 1.29 is 23.3 Å². The number of aromatic nitrogens is 2. The van der Waals surface area contributed by atoms with E-state index < -0.39 is 12.1 Å². The number of aryl methyl sites for hydroxylation is 2. The molecule has 0 bridgehead atoms. The Hall–Kier alpha value is -5.49. The van der Waals surface area contributed by atoms with Crippen LogP contribution in [0.4, 0.5) is 5.69 Å². The summed E-state index contributed by atoms with van der Waals surface area (Å²) in [4.78, 5) is 32.1. The van der Waals surface area contributed by atoms with Gasteiger partial charge in [0.05, 0.1) is 6.57 Å². The van der Waals surface area contributed by atoms with Gasteiger partial charge in [0.15, 0.2) is 23.5 Å². The van der Waals surface area contributed by atoms with Crippen LogP contribution in [-0.4, -0.2) is 28.7 Å². The van der Waals surface area contributed by atoms with E-state index in [0.29, 0.717) is 28.5 Å². The average Bonchev–Trinajstić information content (AvgIpc) is 3.65. The van der Waals surface area contributed by atoms with Crippen LogP contribution in [0, 0.1) is 20.4 Å². The van der Waals surface area contributed by atoms with Gasteiger partial charge in [0.2, 0.25) is 0 Å². The summed E-state index contributed by atoms with van der Waals surface area (Å²) in [6.45, 7) is 11.9. The van der Waals surface area contributed by atoms with Crippen molar-refractivity contribution in [3.8, 4) is 34.2 Å². The van der Waals surface area contributed by atoms with Crippen molar-refractivity contribution in [2.45, 2.75) is 26.5 Å². The van der Waals surface area contributed by atoms with Crippen molar-refractivity contribution in [3.63, 3.8) is 0 Å². The van der Waals surface area contributed by atoms with Crippen LogP contribution in [-0.2, 0) is 16.0 Å². The first kappa shape index (κ1) is 26.1. The van der Waals surface area contributed by atoms with Crippen molar-refractivity contribution in [3.05, 3.63) is 113 Å². The summed E-state index contributed by atoms with van der Waals surface area (Å²) in [5, 5.41) is 6.71. The van der Waals surface area contributed by atoms with Gasteiger partial charge in [-0.1, -0.05) is 76.4 Å². The number of furan rings is 1. The molecule has 9 heteroatoms. The molecule has 0 radical (unpaired) electrons. The second-order valence-corrected chi connectivity index (χ2v) is 9.18. The highest BCUT2D eigenvalue weighted by molar-refractivity contribution is 5.92. The van der Waals surface area contributed by atoms with Gasteiger partial charge in [0.25, 0.3) is 18.3 Å². The largest absolute Gasteiger partial charge is 0.451 e. The first-order valence-corrected chi connectivity index (χ1v) is 12.4. The van der Waals surface area contributed by atoms with Gasteiger partial charge in [-0.15, -0.1) is 0 Å². The molecule has 0 saturated carbocycles. The molecule has 0 aliphatic heterocycles. The molecule has 198 valence electrons. The highest BCUT2D eigenvalue weighted by atomic mass is 16.5. The van der Waals surface area contributed by atoms with E-state index in [1.54, 1.807) is 30.3 Å². The quantitative estimate of drug-likeness (QED) is 0.135. The van der Waals surface area contributed by atoms with Crippen molar-refractivity contribution >= 4 is 18.1 Å². The lowest BCUT2D eigenvalue weighted by Gasteiger charge is -2.17. The molecule has 9 nitrogen and oxygen atoms in total. The zero-order valence-electron chi connectivity index (χ0n) is 21.8. The highest BCUT2D eigenvalue weighted by Gasteiger charge is 2.20. The molecule has 1 unspecified atom stereocenters. The molecule has 2 heterocycles. The molecule has 0 spiro atoms. The number of carbonyl (C=O) groups is 2. The predicted molar refractivity (Wildman–Crippen MR) is 147 cm³/mol. The van der Waals surface area contributed by atoms with Crippen LogP contribution in [0.1, 0.15) is 27.2 Å². The number of nitrogens with one attached hydrogen (secondary N) is 1. The standard InChI is InChI=1S/C31H24N4O5/c1-19-4-9-22(10-5-19)26-14-15-27(39-26)30(37)33-28(38-18-36)17-21-8-13-24(25(16-21)32-3)29-34-31(40-35-29)23-11-6-20(2)7-12-23/h4-16,18,28H,17H2,1-2H3,(H,33,37). The Bertz CT molecular complexity index is 1700. The van der Waals surface area contributed by atoms with Gasteiger partial charge in [-0.3, -0.25) is 9.59 Å². The minimum atomic E-state index is -0.985. The molecular weight excluding hydrogens is 508 g/mol. The third-order valence-corrected chi connectivity index (χ3v) is 6.25. The van der Waals surface area contributed by atoms with Crippen LogP contribution in [0.2, 0.25) is 0 Å². The third kappa shape index (κ3) is 5.81. The molecule has 5 rings (SSSR count). The average molecular weight is 533 g/mol. The van der Waals surface area contributed by atoms with Crippen molar-refractivity contribution in [1.29, 1.82) is 0 Å². The summed E-state index contributed by atoms with van der Waals surface area (Å²) in [5.41, 5.74) is 5.28. The van der Waals surface area contributed by atoms with Crippen LogP contribution in [0.5, 0.6) is 0 Å². The number of ether oxygens (including phenoxy) is 1. The smallest absolute Gasteiger partial charge is 0.295 e. The number of carbonyl (C=O) groups excluding carboxylic acids is 2.